The van der Waals surface area contributed by atoms with Crippen LogP contribution >= 0.6 is 0 Å². The van der Waals surface area contributed by atoms with Crippen molar-refractivity contribution in [1.29, 1.82) is 0 Å². The van der Waals surface area contributed by atoms with Gasteiger partial charge in [-0.15, -0.1) is 0 Å². The van der Waals surface area contributed by atoms with Crippen molar-refractivity contribution in [3.05, 3.63) is 0 Å². The van der Waals surface area contributed by atoms with Crippen molar-refractivity contribution >= 4 is 16.6 Å². The minimum absolute atomic E-state index is 0.159. The molecule has 0 aliphatic heterocycles. The summed E-state index contributed by atoms with van der Waals surface area (Å²) in [5.41, 5.74) is 0. The largest absolute Gasteiger partial charge is 0.393 e. The summed E-state index contributed by atoms with van der Waals surface area (Å²) in [5, 5.41) is 0. The summed E-state index contributed by atoms with van der Waals surface area (Å²) in [6, 6.07) is 0. The first kappa shape index (κ1) is 17.3. The second kappa shape index (κ2) is 6.47. The van der Waals surface area contributed by atoms with Crippen molar-refractivity contribution < 1.29 is 13.6 Å². The molecule has 0 N–H and O–H groups in total. The third-order valence-corrected chi connectivity index (χ3v) is 3.84. The Morgan fingerprint density at radius 2 is 1.12 bits per heavy atom. The van der Waals surface area contributed by atoms with Crippen LogP contribution in [0, 0.1) is 5.92 Å². The Hall–Kier alpha value is 0.314. The van der Waals surface area contributed by atoms with Crippen LogP contribution in [0.3, 0.4) is 0 Å². The van der Waals surface area contributed by atoms with E-state index < -0.39 is 16.6 Å². The van der Waals surface area contributed by atoms with E-state index in [0.29, 0.717) is 5.92 Å². The van der Waals surface area contributed by atoms with Gasteiger partial charge in [0.15, 0.2) is 22.9 Å². The lowest BCUT2D eigenvalue weighted by Crippen LogP contribution is -2.41. The van der Waals surface area contributed by atoms with Crippen LogP contribution in [-0.2, 0) is 13.6 Å². The number of ether oxygens (including phenoxy) is 1. The van der Waals surface area contributed by atoms with Crippen molar-refractivity contribution in [2.45, 2.75) is 72.6 Å². The molecule has 104 valence electrons. The quantitative estimate of drug-likeness (QED) is 0.520. The van der Waals surface area contributed by atoms with Crippen LogP contribution in [-0.4, -0.2) is 29.2 Å². The molecule has 0 aromatic rings. The van der Waals surface area contributed by atoms with Gasteiger partial charge in [-0.1, -0.05) is 13.8 Å². The molecule has 0 rings (SSSR count). The van der Waals surface area contributed by atoms with Gasteiger partial charge in [-0.2, -0.15) is 0 Å². The van der Waals surface area contributed by atoms with Gasteiger partial charge < -0.3 is 13.6 Å². The molecule has 0 aromatic carbocycles. The number of hydrogen-bond donors (Lipinski definition) is 0. The highest BCUT2D eigenvalue weighted by atomic mass is 28.4. The van der Waals surface area contributed by atoms with E-state index in [9.17, 15) is 0 Å². The van der Waals surface area contributed by atoms with Crippen molar-refractivity contribution in [3.63, 3.8) is 0 Å². The number of hydrogen-bond acceptors (Lipinski definition) is 3. The Balaban J connectivity index is 4.36. The first-order chi connectivity index (χ1) is 7.41. The Morgan fingerprint density at radius 3 is 1.41 bits per heavy atom. The molecular weight excluding hydrogens is 248 g/mol. The van der Waals surface area contributed by atoms with E-state index in [1.54, 1.807) is 0 Å². The van der Waals surface area contributed by atoms with Gasteiger partial charge in [0.2, 0.25) is 0 Å². The Labute approximate surface area is 109 Å². The zero-order chi connectivity index (χ0) is 13.9. The fourth-order valence-corrected chi connectivity index (χ4v) is 3.46. The first-order valence-corrected chi connectivity index (χ1v) is 13.2. The minimum atomic E-state index is -1.58. The fourth-order valence-electron chi connectivity index (χ4n) is 1.38. The maximum absolute atomic E-state index is 6.04. The summed E-state index contributed by atoms with van der Waals surface area (Å²) in [6.45, 7) is 19.2. The Morgan fingerprint density at radius 1 is 0.706 bits per heavy atom. The molecule has 0 saturated carbocycles. The van der Waals surface area contributed by atoms with Gasteiger partial charge in [0.1, 0.15) is 6.29 Å². The normalized spacial score (nSPS) is 17.3. The lowest BCUT2D eigenvalue weighted by molar-refractivity contribution is -0.199. The highest BCUT2D eigenvalue weighted by Gasteiger charge is 2.27. The maximum atomic E-state index is 6.04. The van der Waals surface area contributed by atoms with E-state index in [0.717, 1.165) is 0 Å². The van der Waals surface area contributed by atoms with Crippen molar-refractivity contribution in [3.8, 4) is 0 Å². The zero-order valence-electron chi connectivity index (χ0n) is 13.0. The molecule has 0 aliphatic rings. The smallest absolute Gasteiger partial charge is 0.187 e. The minimum Gasteiger partial charge on any atom is -0.393 e. The molecule has 0 aromatic heterocycles. The summed E-state index contributed by atoms with van der Waals surface area (Å²) < 4.78 is 17.8. The average Bonchev–Trinajstić information content (AvgIpc) is 1.95. The first-order valence-electron chi connectivity index (χ1n) is 6.42. The predicted molar refractivity (Wildman–Crippen MR) is 78.0 cm³/mol. The van der Waals surface area contributed by atoms with Crippen LogP contribution in [0.15, 0.2) is 0 Å². The molecule has 0 fully saturated rings. The van der Waals surface area contributed by atoms with Crippen molar-refractivity contribution in [2.75, 3.05) is 0 Å². The molecule has 0 saturated heterocycles. The second-order valence-corrected chi connectivity index (χ2v) is 15.7. The Kier molecular flexibility index (Phi) is 6.59. The van der Waals surface area contributed by atoms with E-state index in [4.69, 9.17) is 13.6 Å². The molecule has 0 aliphatic carbocycles. The van der Waals surface area contributed by atoms with Gasteiger partial charge in [0.05, 0.1) is 0 Å². The van der Waals surface area contributed by atoms with Crippen molar-refractivity contribution in [2.24, 2.45) is 5.92 Å². The van der Waals surface area contributed by atoms with E-state index in [2.05, 4.69) is 53.1 Å². The fraction of sp³-hybridized carbons (Fsp3) is 1.00. The molecule has 3 nitrogen and oxygen atoms in total. The summed E-state index contributed by atoms with van der Waals surface area (Å²) in [6.07, 6.45) is -0.349. The third kappa shape index (κ3) is 9.97. The molecule has 0 bridgehead atoms. The van der Waals surface area contributed by atoms with Gasteiger partial charge in [0, 0.05) is 5.92 Å². The summed E-state index contributed by atoms with van der Waals surface area (Å²) >= 11 is 0. The van der Waals surface area contributed by atoms with Crippen LogP contribution in [0.25, 0.3) is 0 Å². The van der Waals surface area contributed by atoms with Gasteiger partial charge in [-0.25, -0.2) is 0 Å². The van der Waals surface area contributed by atoms with E-state index >= 15 is 0 Å². The molecule has 0 heterocycles. The highest BCUT2D eigenvalue weighted by molar-refractivity contribution is 6.70. The molecule has 0 radical (unpaired) electrons. The zero-order valence-corrected chi connectivity index (χ0v) is 15.0. The van der Waals surface area contributed by atoms with Crippen LogP contribution in [0.4, 0.5) is 0 Å². The van der Waals surface area contributed by atoms with Gasteiger partial charge >= 0.3 is 0 Å². The molecule has 2 unspecified atom stereocenters. The number of rotatable bonds is 7. The second-order valence-electron chi connectivity index (χ2n) is 6.78. The molecule has 2 atom stereocenters. The molecule has 5 heteroatoms. The van der Waals surface area contributed by atoms with Gasteiger partial charge in [-0.3, -0.25) is 0 Å². The third-order valence-electron chi connectivity index (χ3n) is 1.86. The van der Waals surface area contributed by atoms with Crippen LogP contribution in [0.1, 0.15) is 20.8 Å². The standard InChI is InChI=1S/C12H30O3Si2/c1-10(2)12(15-17(7,8)9)13-11(3)14-16(4,5)6/h10-12H,1-9H3. The summed E-state index contributed by atoms with van der Waals surface area (Å²) in [4.78, 5) is 0. The molecule has 0 amide bonds. The van der Waals surface area contributed by atoms with Crippen LogP contribution in [0.5, 0.6) is 0 Å². The lowest BCUT2D eigenvalue weighted by Gasteiger charge is -2.33. The average molecular weight is 279 g/mol. The maximum Gasteiger partial charge on any atom is 0.187 e. The monoisotopic (exact) mass is 278 g/mol. The SMILES string of the molecule is CC(OC(O[Si](C)(C)C)C(C)C)O[Si](C)(C)C. The Bertz CT molecular complexity index is 219. The van der Waals surface area contributed by atoms with E-state index in [1.165, 1.54) is 0 Å². The molecule has 17 heavy (non-hydrogen) atoms. The summed E-state index contributed by atoms with van der Waals surface area (Å²) in [5.74, 6) is 0.342. The van der Waals surface area contributed by atoms with Crippen LogP contribution in [0.2, 0.25) is 39.3 Å². The summed E-state index contributed by atoms with van der Waals surface area (Å²) in [7, 11) is -3.13. The molecule has 0 spiro atoms. The van der Waals surface area contributed by atoms with Crippen LogP contribution < -0.4 is 0 Å². The topological polar surface area (TPSA) is 27.7 Å². The van der Waals surface area contributed by atoms with Gasteiger partial charge in [-0.05, 0) is 46.2 Å². The lowest BCUT2D eigenvalue weighted by atomic mass is 10.2. The van der Waals surface area contributed by atoms with E-state index in [1.807, 2.05) is 6.92 Å². The highest BCUT2D eigenvalue weighted by Crippen LogP contribution is 2.19. The van der Waals surface area contributed by atoms with Gasteiger partial charge in [0.25, 0.3) is 0 Å². The molecular formula is C12H30O3Si2. The predicted octanol–water partition coefficient (Wildman–Crippen LogP) is 4.03. The van der Waals surface area contributed by atoms with Crippen molar-refractivity contribution in [1.82, 2.24) is 0 Å². The van der Waals surface area contributed by atoms with E-state index in [-0.39, 0.29) is 12.6 Å².